The van der Waals surface area contributed by atoms with Gasteiger partial charge in [-0.1, -0.05) is 17.7 Å². The molecule has 28 heavy (non-hydrogen) atoms. The van der Waals surface area contributed by atoms with Gasteiger partial charge in [0.2, 0.25) is 17.6 Å². The Morgan fingerprint density at radius 1 is 1.11 bits per heavy atom. The number of hydrogen-bond acceptors (Lipinski definition) is 5. The Morgan fingerprint density at radius 3 is 2.36 bits per heavy atom. The van der Waals surface area contributed by atoms with Crippen molar-refractivity contribution in [2.45, 2.75) is 6.42 Å². The third-order valence-electron chi connectivity index (χ3n) is 4.55. The van der Waals surface area contributed by atoms with Crippen LogP contribution in [-0.2, 0) is 9.59 Å². The van der Waals surface area contributed by atoms with Gasteiger partial charge in [-0.05, 0) is 18.2 Å². The predicted molar refractivity (Wildman–Crippen MR) is 107 cm³/mol. The summed E-state index contributed by atoms with van der Waals surface area (Å²) in [5, 5.41) is 3.34. The maximum Gasteiger partial charge on any atom is 0.229 e. The van der Waals surface area contributed by atoms with Gasteiger partial charge in [-0.15, -0.1) is 0 Å². The van der Waals surface area contributed by atoms with Crippen LogP contribution in [0.2, 0.25) is 5.02 Å². The lowest BCUT2D eigenvalue weighted by Gasteiger charge is -2.20. The van der Waals surface area contributed by atoms with Crippen LogP contribution in [0.4, 0.5) is 11.4 Å². The highest BCUT2D eigenvalue weighted by Gasteiger charge is 2.36. The van der Waals surface area contributed by atoms with Crippen LogP contribution >= 0.6 is 11.6 Å². The van der Waals surface area contributed by atoms with Gasteiger partial charge in [-0.25, -0.2) is 0 Å². The molecule has 1 aliphatic heterocycles. The zero-order valence-electron chi connectivity index (χ0n) is 15.8. The van der Waals surface area contributed by atoms with Gasteiger partial charge in [-0.3, -0.25) is 9.59 Å². The summed E-state index contributed by atoms with van der Waals surface area (Å²) in [6, 6.07) is 10.3. The number of halogens is 1. The van der Waals surface area contributed by atoms with E-state index in [4.69, 9.17) is 25.8 Å². The van der Waals surface area contributed by atoms with Gasteiger partial charge in [0, 0.05) is 35.8 Å². The molecule has 0 aliphatic carbocycles. The number of carbonyl (C=O) groups excluding carboxylic acids is 2. The van der Waals surface area contributed by atoms with Gasteiger partial charge in [-0.2, -0.15) is 0 Å². The van der Waals surface area contributed by atoms with E-state index in [1.165, 1.54) is 21.3 Å². The summed E-state index contributed by atoms with van der Waals surface area (Å²) in [7, 11) is 4.53. The molecule has 0 bridgehead atoms. The fourth-order valence-electron chi connectivity index (χ4n) is 3.17. The average molecular weight is 405 g/mol. The number of ether oxygens (including phenoxy) is 3. The van der Waals surface area contributed by atoms with E-state index in [1.807, 2.05) is 0 Å². The van der Waals surface area contributed by atoms with Crippen LogP contribution in [0.25, 0.3) is 0 Å². The van der Waals surface area contributed by atoms with E-state index in [-0.39, 0.29) is 24.8 Å². The summed E-state index contributed by atoms with van der Waals surface area (Å²) in [6.07, 6.45) is 0.114. The molecular weight excluding hydrogens is 384 g/mol. The molecule has 1 fully saturated rings. The third-order valence-corrected chi connectivity index (χ3v) is 4.78. The van der Waals surface area contributed by atoms with Gasteiger partial charge >= 0.3 is 0 Å². The van der Waals surface area contributed by atoms with Crippen molar-refractivity contribution in [3.8, 4) is 17.2 Å². The molecule has 2 aromatic carbocycles. The minimum atomic E-state index is -0.481. The summed E-state index contributed by atoms with van der Waals surface area (Å²) in [5.74, 6) is 0.459. The molecule has 1 heterocycles. The Balaban J connectivity index is 1.80. The number of rotatable bonds is 6. The number of hydrogen-bond donors (Lipinski definition) is 1. The van der Waals surface area contributed by atoms with E-state index in [0.29, 0.717) is 33.6 Å². The molecule has 0 radical (unpaired) electrons. The highest BCUT2D eigenvalue weighted by atomic mass is 35.5. The Morgan fingerprint density at radius 2 is 1.79 bits per heavy atom. The first-order valence-corrected chi connectivity index (χ1v) is 9.01. The molecule has 148 valence electrons. The molecule has 8 heteroatoms. The molecule has 1 atom stereocenters. The number of nitrogens with one attached hydrogen (secondary N) is 1. The van der Waals surface area contributed by atoms with Crippen molar-refractivity contribution >= 4 is 34.8 Å². The van der Waals surface area contributed by atoms with E-state index in [9.17, 15) is 9.59 Å². The van der Waals surface area contributed by atoms with Crippen LogP contribution in [0.3, 0.4) is 0 Å². The lowest BCUT2D eigenvalue weighted by Crippen LogP contribution is -2.28. The zero-order chi connectivity index (χ0) is 20.3. The minimum Gasteiger partial charge on any atom is -0.493 e. The first kappa shape index (κ1) is 19.8. The van der Waals surface area contributed by atoms with Crippen molar-refractivity contribution in [3.05, 3.63) is 41.4 Å². The first-order valence-electron chi connectivity index (χ1n) is 8.63. The number of benzene rings is 2. The molecule has 1 saturated heterocycles. The van der Waals surface area contributed by atoms with Crippen molar-refractivity contribution in [2.24, 2.45) is 5.92 Å². The van der Waals surface area contributed by atoms with E-state index in [2.05, 4.69) is 5.32 Å². The normalized spacial score (nSPS) is 16.1. The number of anilines is 2. The third kappa shape index (κ3) is 3.99. The maximum absolute atomic E-state index is 12.6. The minimum absolute atomic E-state index is 0.114. The fourth-order valence-corrected chi connectivity index (χ4v) is 3.36. The lowest BCUT2D eigenvalue weighted by atomic mass is 10.1. The van der Waals surface area contributed by atoms with Crippen molar-refractivity contribution in [1.29, 1.82) is 0 Å². The topological polar surface area (TPSA) is 77.1 Å². The van der Waals surface area contributed by atoms with Crippen LogP contribution in [0.5, 0.6) is 17.2 Å². The van der Waals surface area contributed by atoms with Gasteiger partial charge in [0.25, 0.3) is 0 Å². The SMILES string of the molecule is COc1cc(N2C[C@H](C(=O)Nc3cccc(Cl)c3)CC2=O)cc(OC)c1OC. The molecule has 0 aromatic heterocycles. The summed E-state index contributed by atoms with van der Waals surface area (Å²) in [5.41, 5.74) is 1.17. The molecule has 1 N–H and O–H groups in total. The summed E-state index contributed by atoms with van der Waals surface area (Å²) in [4.78, 5) is 26.7. The van der Waals surface area contributed by atoms with Gasteiger partial charge in [0.1, 0.15) is 0 Å². The Kier molecular flexibility index (Phi) is 5.94. The van der Waals surface area contributed by atoms with Crippen molar-refractivity contribution in [1.82, 2.24) is 0 Å². The van der Waals surface area contributed by atoms with Crippen LogP contribution < -0.4 is 24.4 Å². The zero-order valence-corrected chi connectivity index (χ0v) is 16.6. The molecule has 0 unspecified atom stereocenters. The van der Waals surface area contributed by atoms with E-state index in [0.717, 1.165) is 0 Å². The van der Waals surface area contributed by atoms with E-state index >= 15 is 0 Å². The first-order chi connectivity index (χ1) is 13.5. The molecular formula is C20H21ClN2O5. The van der Waals surface area contributed by atoms with Crippen LogP contribution in [0.1, 0.15) is 6.42 Å². The second-order valence-corrected chi connectivity index (χ2v) is 6.72. The maximum atomic E-state index is 12.6. The van der Waals surface area contributed by atoms with Crippen molar-refractivity contribution < 1.29 is 23.8 Å². The quantitative estimate of drug-likeness (QED) is 0.798. The van der Waals surface area contributed by atoms with E-state index < -0.39 is 5.92 Å². The Bertz CT molecular complexity index is 877. The number of amides is 2. The molecule has 2 amide bonds. The lowest BCUT2D eigenvalue weighted by molar-refractivity contribution is -0.122. The summed E-state index contributed by atoms with van der Waals surface area (Å²) in [6.45, 7) is 0.254. The molecule has 3 rings (SSSR count). The molecule has 2 aromatic rings. The van der Waals surface area contributed by atoms with Crippen LogP contribution in [-0.4, -0.2) is 39.7 Å². The molecule has 0 spiro atoms. The smallest absolute Gasteiger partial charge is 0.229 e. The van der Waals surface area contributed by atoms with Crippen LogP contribution in [0.15, 0.2) is 36.4 Å². The molecule has 1 aliphatic rings. The van der Waals surface area contributed by atoms with E-state index in [1.54, 1.807) is 41.3 Å². The fraction of sp³-hybridized carbons (Fsp3) is 0.300. The Hall–Kier alpha value is -2.93. The number of carbonyl (C=O) groups is 2. The average Bonchev–Trinajstić information content (AvgIpc) is 3.08. The summed E-state index contributed by atoms with van der Waals surface area (Å²) >= 11 is 5.95. The predicted octanol–water partition coefficient (Wildman–Crippen LogP) is 3.36. The second kappa shape index (κ2) is 8.39. The van der Waals surface area contributed by atoms with Crippen molar-refractivity contribution in [3.63, 3.8) is 0 Å². The second-order valence-electron chi connectivity index (χ2n) is 6.29. The number of nitrogens with zero attached hydrogens (tertiary/aromatic N) is 1. The largest absolute Gasteiger partial charge is 0.493 e. The van der Waals surface area contributed by atoms with Crippen molar-refractivity contribution in [2.75, 3.05) is 38.1 Å². The highest BCUT2D eigenvalue weighted by Crippen LogP contribution is 2.42. The van der Waals surface area contributed by atoms with Gasteiger partial charge in [0.15, 0.2) is 11.5 Å². The molecule has 0 saturated carbocycles. The Labute approximate surface area is 168 Å². The summed E-state index contributed by atoms with van der Waals surface area (Å²) < 4.78 is 16.0. The van der Waals surface area contributed by atoms with Crippen LogP contribution in [0, 0.1) is 5.92 Å². The van der Waals surface area contributed by atoms with Gasteiger partial charge in [0.05, 0.1) is 32.9 Å². The highest BCUT2D eigenvalue weighted by molar-refractivity contribution is 6.30. The molecule has 7 nitrogen and oxygen atoms in total. The number of methoxy groups -OCH3 is 3. The monoisotopic (exact) mass is 404 g/mol. The standard InChI is InChI=1S/C20H21ClN2O5/c1-26-16-9-15(10-17(27-2)19(16)28-3)23-11-12(7-18(23)24)20(25)22-14-6-4-5-13(21)8-14/h4-6,8-10,12H,7,11H2,1-3H3,(H,22,25)/t12-/m1/s1. The van der Waals surface area contributed by atoms with Gasteiger partial charge < -0.3 is 24.4 Å².